The molecule has 6 heteroatoms. The number of aromatic nitrogens is 1. The SMILES string of the molecule is Cn1cccc1CC(NC(=O)OCC1c2ccccc2-c2ccccc21)C(=O)O. The van der Waals surface area contributed by atoms with Crippen LogP contribution in [-0.4, -0.2) is 34.4 Å². The zero-order valence-electron chi connectivity index (χ0n) is 16.0. The fourth-order valence-corrected chi connectivity index (χ4v) is 3.90. The molecule has 0 spiro atoms. The van der Waals surface area contributed by atoms with Crippen LogP contribution in [0.25, 0.3) is 11.1 Å². The van der Waals surface area contributed by atoms with E-state index < -0.39 is 18.1 Å². The van der Waals surface area contributed by atoms with Gasteiger partial charge in [-0.2, -0.15) is 0 Å². The smallest absolute Gasteiger partial charge is 0.407 e. The average Bonchev–Trinajstić information content (AvgIpc) is 3.27. The first kappa shape index (κ1) is 18.8. The lowest BCUT2D eigenvalue weighted by molar-refractivity contribution is -0.139. The summed E-state index contributed by atoms with van der Waals surface area (Å²) in [7, 11) is 1.83. The van der Waals surface area contributed by atoms with Crippen LogP contribution in [0, 0.1) is 0 Å². The molecule has 1 unspecified atom stereocenters. The molecule has 1 heterocycles. The van der Waals surface area contributed by atoms with Crippen LogP contribution in [0.5, 0.6) is 0 Å². The second-order valence-corrected chi connectivity index (χ2v) is 7.18. The van der Waals surface area contributed by atoms with Crippen molar-refractivity contribution >= 4 is 12.1 Å². The van der Waals surface area contributed by atoms with Gasteiger partial charge in [0.05, 0.1) is 0 Å². The molecule has 29 heavy (non-hydrogen) atoms. The van der Waals surface area contributed by atoms with E-state index in [4.69, 9.17) is 4.74 Å². The zero-order chi connectivity index (χ0) is 20.4. The number of amides is 1. The van der Waals surface area contributed by atoms with Crippen molar-refractivity contribution in [1.82, 2.24) is 9.88 Å². The maximum atomic E-state index is 12.3. The van der Waals surface area contributed by atoms with E-state index in [0.29, 0.717) is 0 Å². The summed E-state index contributed by atoms with van der Waals surface area (Å²) in [6, 6.07) is 18.7. The van der Waals surface area contributed by atoms with E-state index in [0.717, 1.165) is 27.9 Å². The Kier molecular flexibility index (Phi) is 5.08. The van der Waals surface area contributed by atoms with Crippen LogP contribution < -0.4 is 5.32 Å². The number of aliphatic carboxylic acids is 1. The molecule has 0 aliphatic heterocycles. The molecule has 3 aromatic rings. The standard InChI is InChI=1S/C23H22N2O4/c1-25-12-6-7-15(25)13-21(22(26)27)24-23(28)29-14-20-18-10-4-2-8-16(18)17-9-3-5-11-19(17)20/h2-12,20-21H,13-14H2,1H3,(H,24,28)(H,26,27). The molecule has 148 valence electrons. The lowest BCUT2D eigenvalue weighted by Crippen LogP contribution is -2.43. The third kappa shape index (κ3) is 3.74. The number of nitrogens with one attached hydrogen (secondary N) is 1. The van der Waals surface area contributed by atoms with Crippen molar-refractivity contribution in [2.75, 3.05) is 6.61 Å². The van der Waals surface area contributed by atoms with Gasteiger partial charge in [-0.15, -0.1) is 0 Å². The third-order valence-corrected chi connectivity index (χ3v) is 5.40. The molecule has 2 N–H and O–H groups in total. The quantitative estimate of drug-likeness (QED) is 0.674. The zero-order valence-corrected chi connectivity index (χ0v) is 16.0. The van der Waals surface area contributed by atoms with Gasteiger partial charge in [-0.25, -0.2) is 9.59 Å². The highest BCUT2D eigenvalue weighted by molar-refractivity contribution is 5.81. The molecule has 0 bridgehead atoms. The summed E-state index contributed by atoms with van der Waals surface area (Å²) in [6.07, 6.45) is 1.29. The predicted molar refractivity (Wildman–Crippen MR) is 109 cm³/mol. The van der Waals surface area contributed by atoms with Gasteiger partial charge in [-0.3, -0.25) is 0 Å². The minimum Gasteiger partial charge on any atom is -0.480 e. The monoisotopic (exact) mass is 390 g/mol. The minimum atomic E-state index is -1.10. The van der Waals surface area contributed by atoms with Gasteiger partial charge in [-0.1, -0.05) is 48.5 Å². The fourth-order valence-electron chi connectivity index (χ4n) is 3.90. The van der Waals surface area contributed by atoms with E-state index in [1.807, 2.05) is 66.3 Å². The number of carboxylic acids is 1. The van der Waals surface area contributed by atoms with E-state index in [1.54, 1.807) is 0 Å². The van der Waals surface area contributed by atoms with Crippen molar-refractivity contribution in [1.29, 1.82) is 0 Å². The number of benzene rings is 2. The second kappa shape index (κ2) is 7.83. The van der Waals surface area contributed by atoms with Crippen LogP contribution in [0.4, 0.5) is 4.79 Å². The van der Waals surface area contributed by atoms with Crippen molar-refractivity contribution in [3.05, 3.63) is 83.7 Å². The summed E-state index contributed by atoms with van der Waals surface area (Å²) in [5.41, 5.74) is 5.32. The van der Waals surface area contributed by atoms with E-state index in [2.05, 4.69) is 17.4 Å². The van der Waals surface area contributed by atoms with Crippen molar-refractivity contribution in [3.8, 4) is 11.1 Å². The molecule has 1 atom stereocenters. The number of nitrogens with zero attached hydrogens (tertiary/aromatic N) is 1. The Balaban J connectivity index is 1.44. The minimum absolute atomic E-state index is 0.0655. The summed E-state index contributed by atoms with van der Waals surface area (Å²) < 4.78 is 7.28. The fraction of sp³-hybridized carbons (Fsp3) is 0.217. The van der Waals surface area contributed by atoms with Crippen LogP contribution in [0.2, 0.25) is 0 Å². The summed E-state index contributed by atoms with van der Waals surface area (Å²) in [6.45, 7) is 0.149. The van der Waals surface area contributed by atoms with Crippen LogP contribution in [0.1, 0.15) is 22.7 Å². The first-order chi connectivity index (χ1) is 14.0. The van der Waals surface area contributed by atoms with Crippen molar-refractivity contribution in [2.45, 2.75) is 18.4 Å². The molecular formula is C23H22N2O4. The lowest BCUT2D eigenvalue weighted by atomic mass is 9.98. The van der Waals surface area contributed by atoms with Gasteiger partial charge in [-0.05, 0) is 34.4 Å². The van der Waals surface area contributed by atoms with E-state index in [9.17, 15) is 14.7 Å². The van der Waals surface area contributed by atoms with Gasteiger partial charge in [0, 0.05) is 31.3 Å². The second-order valence-electron chi connectivity index (χ2n) is 7.18. The summed E-state index contributed by atoms with van der Waals surface area (Å²) in [4.78, 5) is 23.9. The molecule has 0 radical (unpaired) electrons. The number of carbonyl (C=O) groups excluding carboxylic acids is 1. The van der Waals surface area contributed by atoms with E-state index >= 15 is 0 Å². The van der Waals surface area contributed by atoms with Crippen molar-refractivity contribution in [3.63, 3.8) is 0 Å². The molecular weight excluding hydrogens is 368 g/mol. The maximum absolute atomic E-state index is 12.3. The Bertz CT molecular complexity index is 1010. The number of rotatable bonds is 6. The Morgan fingerprint density at radius 1 is 1.03 bits per heavy atom. The molecule has 0 saturated carbocycles. The molecule has 6 nitrogen and oxygen atoms in total. The van der Waals surface area contributed by atoms with Crippen LogP contribution in [-0.2, 0) is 23.0 Å². The van der Waals surface area contributed by atoms with Crippen LogP contribution >= 0.6 is 0 Å². The van der Waals surface area contributed by atoms with Crippen LogP contribution in [0.15, 0.2) is 66.9 Å². The van der Waals surface area contributed by atoms with Crippen molar-refractivity contribution < 1.29 is 19.4 Å². The van der Waals surface area contributed by atoms with Crippen LogP contribution in [0.3, 0.4) is 0 Å². The maximum Gasteiger partial charge on any atom is 0.407 e. The summed E-state index contributed by atoms with van der Waals surface area (Å²) >= 11 is 0. The van der Waals surface area contributed by atoms with E-state index in [-0.39, 0.29) is 18.9 Å². The number of aryl methyl sites for hydroxylation is 1. The largest absolute Gasteiger partial charge is 0.480 e. The van der Waals surface area contributed by atoms with Gasteiger partial charge in [0.1, 0.15) is 12.6 Å². The Labute approximate surface area is 168 Å². The van der Waals surface area contributed by atoms with Crippen molar-refractivity contribution in [2.24, 2.45) is 7.05 Å². The first-order valence-corrected chi connectivity index (χ1v) is 9.49. The topological polar surface area (TPSA) is 80.6 Å². The molecule has 1 aliphatic rings. The number of carboxylic acid groups (broad SMARTS) is 1. The number of ether oxygens (including phenoxy) is 1. The van der Waals surface area contributed by atoms with Gasteiger partial charge in [0.15, 0.2) is 0 Å². The Morgan fingerprint density at radius 3 is 2.21 bits per heavy atom. The highest BCUT2D eigenvalue weighted by Crippen LogP contribution is 2.44. The Morgan fingerprint density at radius 2 is 1.66 bits per heavy atom. The molecule has 0 fully saturated rings. The average molecular weight is 390 g/mol. The molecule has 4 rings (SSSR count). The summed E-state index contributed by atoms with van der Waals surface area (Å²) in [5, 5.41) is 12.0. The molecule has 1 amide bonds. The number of hydrogen-bond acceptors (Lipinski definition) is 3. The normalized spacial score (nSPS) is 13.4. The van der Waals surface area contributed by atoms with Gasteiger partial charge >= 0.3 is 12.1 Å². The molecule has 2 aromatic carbocycles. The third-order valence-electron chi connectivity index (χ3n) is 5.40. The number of fused-ring (bicyclic) bond motifs is 3. The molecule has 1 aliphatic carbocycles. The number of alkyl carbamates (subject to hydrolysis) is 1. The van der Waals surface area contributed by atoms with Gasteiger partial charge in [0.25, 0.3) is 0 Å². The van der Waals surface area contributed by atoms with Gasteiger partial charge in [0.2, 0.25) is 0 Å². The van der Waals surface area contributed by atoms with E-state index in [1.165, 1.54) is 0 Å². The molecule has 1 aromatic heterocycles. The highest BCUT2D eigenvalue weighted by Gasteiger charge is 2.29. The lowest BCUT2D eigenvalue weighted by Gasteiger charge is -2.17. The number of carbonyl (C=O) groups is 2. The first-order valence-electron chi connectivity index (χ1n) is 9.49. The Hall–Kier alpha value is -3.54. The summed E-state index contributed by atoms with van der Waals surface area (Å²) in [5.74, 6) is -1.16. The predicted octanol–water partition coefficient (Wildman–Crippen LogP) is 3.56. The number of hydrogen-bond donors (Lipinski definition) is 2. The highest BCUT2D eigenvalue weighted by atomic mass is 16.5. The van der Waals surface area contributed by atoms with Gasteiger partial charge < -0.3 is 19.7 Å². The molecule has 0 saturated heterocycles.